The van der Waals surface area contributed by atoms with Gasteiger partial charge in [-0.05, 0) is 42.0 Å². The third-order valence-corrected chi connectivity index (χ3v) is 2.89. The molecule has 0 atom stereocenters. The fourth-order valence-electron chi connectivity index (χ4n) is 1.70. The highest BCUT2D eigenvalue weighted by atomic mass is 35.5. The number of carbonyl (C=O) groups excluding carboxylic acids is 1. The Bertz CT molecular complexity index is 641. The molecule has 0 heterocycles. The maximum absolute atomic E-state index is 13.5. The van der Waals surface area contributed by atoms with E-state index in [1.807, 2.05) is 0 Å². The number of methoxy groups -OCH3 is 1. The Hall–Kier alpha value is -1.94. The van der Waals surface area contributed by atoms with Crippen LogP contribution in [-0.4, -0.2) is 13.1 Å². The maximum Gasteiger partial charge on any atom is 0.337 e. The Balaban J connectivity index is 2.59. The summed E-state index contributed by atoms with van der Waals surface area (Å²) in [5.41, 5.74) is 0.661. The Morgan fingerprint density at radius 1 is 1.11 bits per heavy atom. The second-order valence-electron chi connectivity index (χ2n) is 3.84. The monoisotopic (exact) mass is 282 g/mol. The number of esters is 1. The van der Waals surface area contributed by atoms with Gasteiger partial charge >= 0.3 is 5.97 Å². The normalized spacial score (nSPS) is 10.3. The van der Waals surface area contributed by atoms with Gasteiger partial charge in [0.15, 0.2) is 0 Å². The first-order valence-electron chi connectivity index (χ1n) is 5.35. The van der Waals surface area contributed by atoms with Crippen LogP contribution in [-0.2, 0) is 4.74 Å². The van der Waals surface area contributed by atoms with Crippen molar-refractivity contribution in [3.05, 3.63) is 58.6 Å². The number of benzene rings is 2. The molecule has 2 rings (SSSR count). The topological polar surface area (TPSA) is 26.3 Å². The van der Waals surface area contributed by atoms with Crippen LogP contribution in [0.3, 0.4) is 0 Å². The van der Waals surface area contributed by atoms with Crippen LogP contribution in [0, 0.1) is 11.6 Å². The third kappa shape index (κ3) is 2.90. The van der Waals surface area contributed by atoms with Crippen molar-refractivity contribution in [2.45, 2.75) is 0 Å². The molecule has 0 radical (unpaired) electrons. The van der Waals surface area contributed by atoms with Gasteiger partial charge in [0.1, 0.15) is 11.6 Å². The molecule has 0 spiro atoms. The number of carbonyl (C=O) groups is 1. The van der Waals surface area contributed by atoms with E-state index >= 15 is 0 Å². The Morgan fingerprint density at radius 3 is 2.53 bits per heavy atom. The molecule has 0 unspecified atom stereocenters. The van der Waals surface area contributed by atoms with Crippen LogP contribution >= 0.6 is 11.6 Å². The predicted molar refractivity (Wildman–Crippen MR) is 68.1 cm³/mol. The number of halogens is 3. The highest BCUT2D eigenvalue weighted by molar-refractivity contribution is 6.33. The lowest BCUT2D eigenvalue weighted by Crippen LogP contribution is -2.02. The summed E-state index contributed by atoms with van der Waals surface area (Å²) in [5.74, 6) is -1.80. The molecule has 2 aromatic carbocycles. The zero-order chi connectivity index (χ0) is 14.0. The number of ether oxygens (including phenoxy) is 1. The van der Waals surface area contributed by atoms with Crippen molar-refractivity contribution in [1.29, 1.82) is 0 Å². The van der Waals surface area contributed by atoms with E-state index in [0.717, 1.165) is 6.07 Å². The summed E-state index contributed by atoms with van der Waals surface area (Å²) < 4.78 is 31.2. The van der Waals surface area contributed by atoms with Gasteiger partial charge in [-0.15, -0.1) is 0 Å². The molecule has 2 nitrogen and oxygen atoms in total. The first-order valence-corrected chi connectivity index (χ1v) is 5.73. The van der Waals surface area contributed by atoms with Crippen LogP contribution in [0.4, 0.5) is 8.78 Å². The van der Waals surface area contributed by atoms with Crippen molar-refractivity contribution in [2.75, 3.05) is 7.11 Å². The molecular weight excluding hydrogens is 274 g/mol. The van der Waals surface area contributed by atoms with Crippen LogP contribution in [0.15, 0.2) is 36.4 Å². The molecule has 19 heavy (non-hydrogen) atoms. The van der Waals surface area contributed by atoms with Gasteiger partial charge in [0.25, 0.3) is 0 Å². The van der Waals surface area contributed by atoms with Crippen molar-refractivity contribution in [3.8, 4) is 11.1 Å². The molecule has 0 amide bonds. The quantitative estimate of drug-likeness (QED) is 0.776. The van der Waals surface area contributed by atoms with E-state index in [2.05, 4.69) is 4.74 Å². The summed E-state index contributed by atoms with van der Waals surface area (Å²) in [6.45, 7) is 0. The molecule has 0 aliphatic rings. The molecule has 0 aliphatic carbocycles. The summed E-state index contributed by atoms with van der Waals surface area (Å²) in [6.07, 6.45) is 0. The SMILES string of the molecule is COC(=O)c1cc(F)cc(-c2cc(F)ccc2Cl)c1. The third-order valence-electron chi connectivity index (χ3n) is 2.56. The number of rotatable bonds is 2. The molecule has 98 valence electrons. The van der Waals surface area contributed by atoms with Crippen LogP contribution in [0.1, 0.15) is 10.4 Å². The lowest BCUT2D eigenvalue weighted by Gasteiger charge is -2.07. The summed E-state index contributed by atoms with van der Waals surface area (Å²) in [7, 11) is 1.20. The lowest BCUT2D eigenvalue weighted by atomic mass is 10.0. The Kier molecular flexibility index (Phi) is 3.81. The average molecular weight is 283 g/mol. The average Bonchev–Trinajstić information content (AvgIpc) is 2.39. The highest BCUT2D eigenvalue weighted by Crippen LogP contribution is 2.30. The highest BCUT2D eigenvalue weighted by Gasteiger charge is 2.12. The lowest BCUT2D eigenvalue weighted by molar-refractivity contribution is 0.0600. The summed E-state index contributed by atoms with van der Waals surface area (Å²) in [4.78, 5) is 11.4. The second kappa shape index (κ2) is 5.36. The largest absolute Gasteiger partial charge is 0.465 e. The van der Waals surface area contributed by atoms with Crippen molar-refractivity contribution in [2.24, 2.45) is 0 Å². The molecule has 0 saturated heterocycles. The van der Waals surface area contributed by atoms with Gasteiger partial charge < -0.3 is 4.74 Å². The standard InChI is InChI=1S/C14H9ClF2O2/c1-19-14(18)9-4-8(5-11(17)6-9)12-7-10(16)2-3-13(12)15/h2-7H,1H3. The zero-order valence-corrected chi connectivity index (χ0v) is 10.7. The van der Waals surface area contributed by atoms with Crippen LogP contribution in [0.25, 0.3) is 11.1 Å². The van der Waals surface area contributed by atoms with Crippen LogP contribution in [0.5, 0.6) is 0 Å². The minimum absolute atomic E-state index is 0.0397. The molecule has 0 aliphatic heterocycles. The van der Waals surface area contributed by atoms with Gasteiger partial charge in [-0.25, -0.2) is 13.6 Å². The van der Waals surface area contributed by atoms with Crippen molar-refractivity contribution in [3.63, 3.8) is 0 Å². The molecule has 0 bridgehead atoms. The van der Waals surface area contributed by atoms with Crippen molar-refractivity contribution >= 4 is 17.6 Å². The minimum atomic E-state index is -0.673. The number of hydrogen-bond donors (Lipinski definition) is 0. The molecule has 0 fully saturated rings. The van der Waals surface area contributed by atoms with Gasteiger partial charge in [-0.3, -0.25) is 0 Å². The van der Waals surface area contributed by atoms with Crippen molar-refractivity contribution < 1.29 is 18.3 Å². The zero-order valence-electron chi connectivity index (χ0n) is 9.91. The van der Waals surface area contributed by atoms with E-state index in [4.69, 9.17) is 11.6 Å². The summed E-state index contributed by atoms with van der Waals surface area (Å²) in [6, 6.07) is 7.37. The molecule has 0 saturated carbocycles. The smallest absolute Gasteiger partial charge is 0.337 e. The van der Waals surface area contributed by atoms with Crippen LogP contribution < -0.4 is 0 Å². The molecule has 2 aromatic rings. The molecular formula is C14H9ClF2O2. The first-order chi connectivity index (χ1) is 9.01. The Morgan fingerprint density at radius 2 is 1.84 bits per heavy atom. The fraction of sp³-hybridized carbons (Fsp3) is 0.0714. The number of hydrogen-bond acceptors (Lipinski definition) is 2. The van der Waals surface area contributed by atoms with Gasteiger partial charge in [-0.1, -0.05) is 11.6 Å². The summed E-state index contributed by atoms with van der Waals surface area (Å²) in [5, 5.41) is 0.266. The van der Waals surface area contributed by atoms with E-state index in [9.17, 15) is 13.6 Å². The Labute approximate surface area is 113 Å². The van der Waals surface area contributed by atoms with Gasteiger partial charge in [0.2, 0.25) is 0 Å². The van der Waals surface area contributed by atoms with Gasteiger partial charge in [0, 0.05) is 10.6 Å². The maximum atomic E-state index is 13.5. The van der Waals surface area contributed by atoms with E-state index in [0.29, 0.717) is 11.1 Å². The van der Waals surface area contributed by atoms with Crippen molar-refractivity contribution in [1.82, 2.24) is 0 Å². The van der Waals surface area contributed by atoms with E-state index in [-0.39, 0.29) is 10.6 Å². The minimum Gasteiger partial charge on any atom is -0.465 e. The summed E-state index contributed by atoms with van der Waals surface area (Å²) >= 11 is 5.94. The molecule has 0 aromatic heterocycles. The molecule has 5 heteroatoms. The van der Waals surface area contributed by atoms with Gasteiger partial charge in [0.05, 0.1) is 12.7 Å². The first kappa shape index (κ1) is 13.5. The van der Waals surface area contributed by atoms with E-state index in [1.54, 1.807) is 0 Å². The van der Waals surface area contributed by atoms with Crippen LogP contribution in [0.2, 0.25) is 5.02 Å². The predicted octanol–water partition coefficient (Wildman–Crippen LogP) is 4.07. The fourth-order valence-corrected chi connectivity index (χ4v) is 1.93. The molecule has 0 N–H and O–H groups in total. The van der Waals surface area contributed by atoms with E-state index in [1.165, 1.54) is 37.4 Å². The van der Waals surface area contributed by atoms with E-state index < -0.39 is 17.6 Å². The second-order valence-corrected chi connectivity index (χ2v) is 4.25. The van der Waals surface area contributed by atoms with Gasteiger partial charge in [-0.2, -0.15) is 0 Å².